The van der Waals surface area contributed by atoms with Crippen LogP contribution in [0.15, 0.2) is 47.3 Å². The molecule has 7 heteroatoms. The molecule has 5 nitrogen and oxygen atoms in total. The molecule has 1 fully saturated rings. The lowest BCUT2D eigenvalue weighted by molar-refractivity contribution is 0.0718. The van der Waals surface area contributed by atoms with Crippen molar-refractivity contribution in [2.75, 3.05) is 0 Å². The number of rotatable bonds is 4. The SMILES string of the molecule is O=C(N[C@H]1CCCC[C@@H]1O)c1cn(Cc2ccc(Br)nc2)c2cccc(F)c12. The van der Waals surface area contributed by atoms with Gasteiger partial charge in [-0.1, -0.05) is 25.0 Å². The molecule has 1 aromatic carbocycles. The Bertz CT molecular complexity index is 1000. The third kappa shape index (κ3) is 3.82. The van der Waals surface area contributed by atoms with Gasteiger partial charge in [0.25, 0.3) is 5.91 Å². The maximum Gasteiger partial charge on any atom is 0.253 e. The minimum absolute atomic E-state index is 0.288. The van der Waals surface area contributed by atoms with Crippen molar-refractivity contribution in [2.24, 2.45) is 0 Å². The fraction of sp³-hybridized carbons (Fsp3) is 0.333. The first kappa shape index (κ1) is 19.1. The Labute approximate surface area is 170 Å². The Kier molecular flexibility index (Phi) is 5.46. The lowest BCUT2D eigenvalue weighted by Gasteiger charge is -2.28. The molecule has 2 heterocycles. The molecule has 1 aliphatic rings. The first-order chi connectivity index (χ1) is 13.5. The Hall–Kier alpha value is -2.25. The van der Waals surface area contributed by atoms with Crippen molar-refractivity contribution in [1.82, 2.24) is 14.9 Å². The summed E-state index contributed by atoms with van der Waals surface area (Å²) in [7, 11) is 0. The number of nitrogens with zero attached hydrogens (tertiary/aromatic N) is 2. The van der Waals surface area contributed by atoms with E-state index in [-0.39, 0.29) is 17.5 Å². The zero-order valence-electron chi connectivity index (χ0n) is 15.2. The van der Waals surface area contributed by atoms with Gasteiger partial charge in [-0.05, 0) is 52.5 Å². The number of fused-ring (bicyclic) bond motifs is 1. The Morgan fingerprint density at radius 2 is 2.11 bits per heavy atom. The van der Waals surface area contributed by atoms with Crippen molar-refractivity contribution in [3.05, 3.63) is 64.3 Å². The van der Waals surface area contributed by atoms with Crippen LogP contribution >= 0.6 is 15.9 Å². The van der Waals surface area contributed by atoms with E-state index < -0.39 is 11.9 Å². The number of carbonyl (C=O) groups is 1. The van der Waals surface area contributed by atoms with Gasteiger partial charge in [-0.15, -0.1) is 0 Å². The normalized spacial score (nSPS) is 19.7. The highest BCUT2D eigenvalue weighted by Crippen LogP contribution is 2.26. The number of nitrogens with one attached hydrogen (secondary N) is 1. The average Bonchev–Trinajstić information content (AvgIpc) is 3.05. The number of carbonyl (C=O) groups excluding carboxylic acids is 1. The topological polar surface area (TPSA) is 67.2 Å². The van der Waals surface area contributed by atoms with E-state index in [0.29, 0.717) is 23.9 Å². The van der Waals surface area contributed by atoms with Crippen molar-refractivity contribution in [3.63, 3.8) is 0 Å². The fourth-order valence-corrected chi connectivity index (χ4v) is 4.07. The summed E-state index contributed by atoms with van der Waals surface area (Å²) in [6.45, 7) is 0.472. The third-order valence-corrected chi connectivity index (χ3v) is 5.76. The van der Waals surface area contributed by atoms with Crippen LogP contribution in [-0.4, -0.2) is 32.7 Å². The molecule has 2 N–H and O–H groups in total. The van der Waals surface area contributed by atoms with E-state index in [1.807, 2.05) is 16.7 Å². The van der Waals surface area contributed by atoms with Gasteiger partial charge in [0.15, 0.2) is 0 Å². The molecule has 0 bridgehead atoms. The number of aliphatic hydroxyl groups excluding tert-OH is 1. The van der Waals surface area contributed by atoms with E-state index in [2.05, 4.69) is 26.2 Å². The predicted molar refractivity (Wildman–Crippen MR) is 109 cm³/mol. The number of amides is 1. The molecule has 0 spiro atoms. The molecule has 2 atom stereocenters. The molecule has 1 amide bonds. The Balaban J connectivity index is 1.68. The summed E-state index contributed by atoms with van der Waals surface area (Å²) in [6, 6.07) is 8.29. The summed E-state index contributed by atoms with van der Waals surface area (Å²) in [5.74, 6) is -0.784. The summed E-state index contributed by atoms with van der Waals surface area (Å²) < 4.78 is 17.2. The monoisotopic (exact) mass is 445 g/mol. The van der Waals surface area contributed by atoms with Gasteiger partial charge in [0, 0.05) is 24.3 Å². The second kappa shape index (κ2) is 8.01. The summed E-state index contributed by atoms with van der Waals surface area (Å²) in [6.07, 6.45) is 6.21. The van der Waals surface area contributed by atoms with E-state index >= 15 is 0 Å². The lowest BCUT2D eigenvalue weighted by atomic mass is 9.92. The van der Waals surface area contributed by atoms with Gasteiger partial charge in [0.2, 0.25) is 0 Å². The van der Waals surface area contributed by atoms with Crippen molar-refractivity contribution < 1.29 is 14.3 Å². The summed E-state index contributed by atoms with van der Waals surface area (Å²) in [5, 5.41) is 13.4. The highest BCUT2D eigenvalue weighted by Gasteiger charge is 2.27. The fourth-order valence-electron chi connectivity index (χ4n) is 3.83. The van der Waals surface area contributed by atoms with Crippen LogP contribution in [0.3, 0.4) is 0 Å². The zero-order chi connectivity index (χ0) is 19.7. The molecule has 0 aliphatic heterocycles. The largest absolute Gasteiger partial charge is 0.391 e. The maximum absolute atomic E-state index is 14.6. The van der Waals surface area contributed by atoms with Crippen LogP contribution < -0.4 is 5.32 Å². The molecule has 1 aliphatic carbocycles. The molecule has 1 saturated carbocycles. The van der Waals surface area contributed by atoms with Gasteiger partial charge >= 0.3 is 0 Å². The molecule has 0 radical (unpaired) electrons. The van der Waals surface area contributed by atoms with Gasteiger partial charge in [-0.2, -0.15) is 0 Å². The van der Waals surface area contributed by atoms with Gasteiger partial charge in [0.1, 0.15) is 10.4 Å². The summed E-state index contributed by atoms with van der Waals surface area (Å²) in [5.41, 5.74) is 1.88. The quantitative estimate of drug-likeness (QED) is 0.595. The number of hydrogen-bond donors (Lipinski definition) is 2. The molecule has 4 rings (SSSR count). The van der Waals surface area contributed by atoms with Crippen LogP contribution in [0.5, 0.6) is 0 Å². The zero-order valence-corrected chi connectivity index (χ0v) is 16.8. The smallest absolute Gasteiger partial charge is 0.253 e. The van der Waals surface area contributed by atoms with E-state index in [4.69, 9.17) is 0 Å². The number of aromatic nitrogens is 2. The minimum atomic E-state index is -0.551. The molecule has 0 saturated heterocycles. The standard InChI is InChI=1S/C21H21BrFN3O2/c22-19-9-8-13(10-24-19)11-26-12-14(20-15(23)4-3-6-17(20)26)21(28)25-16-5-1-2-7-18(16)27/h3-4,6,8-10,12,16,18,27H,1-2,5,7,11H2,(H,25,28)/t16-,18-/m0/s1. The highest BCUT2D eigenvalue weighted by molar-refractivity contribution is 9.10. The summed E-state index contributed by atoms with van der Waals surface area (Å²) in [4.78, 5) is 17.1. The average molecular weight is 446 g/mol. The molecule has 2 aromatic heterocycles. The van der Waals surface area contributed by atoms with Crippen molar-refractivity contribution >= 4 is 32.7 Å². The van der Waals surface area contributed by atoms with Crippen LogP contribution in [0.1, 0.15) is 41.6 Å². The van der Waals surface area contributed by atoms with E-state index in [1.165, 1.54) is 6.07 Å². The molecule has 28 heavy (non-hydrogen) atoms. The minimum Gasteiger partial charge on any atom is -0.391 e. The van der Waals surface area contributed by atoms with Gasteiger partial charge in [-0.3, -0.25) is 4.79 Å². The summed E-state index contributed by atoms with van der Waals surface area (Å²) >= 11 is 3.31. The number of hydrogen-bond acceptors (Lipinski definition) is 3. The van der Waals surface area contributed by atoms with Gasteiger partial charge in [-0.25, -0.2) is 9.37 Å². The Morgan fingerprint density at radius 3 is 2.86 bits per heavy atom. The number of aliphatic hydroxyl groups is 1. The second-order valence-corrected chi connectivity index (χ2v) is 8.04. The second-order valence-electron chi connectivity index (χ2n) is 7.23. The number of benzene rings is 1. The lowest BCUT2D eigenvalue weighted by Crippen LogP contribution is -2.45. The van der Waals surface area contributed by atoms with Gasteiger partial charge in [0.05, 0.1) is 23.2 Å². The van der Waals surface area contributed by atoms with E-state index in [0.717, 1.165) is 29.4 Å². The first-order valence-corrected chi connectivity index (χ1v) is 10.2. The number of pyridine rings is 1. The van der Waals surface area contributed by atoms with Crippen LogP contribution in [-0.2, 0) is 6.54 Å². The van der Waals surface area contributed by atoms with Crippen molar-refractivity contribution in [1.29, 1.82) is 0 Å². The molecular weight excluding hydrogens is 425 g/mol. The van der Waals surface area contributed by atoms with Crippen LogP contribution in [0.4, 0.5) is 4.39 Å². The van der Waals surface area contributed by atoms with Crippen LogP contribution in [0.25, 0.3) is 10.9 Å². The number of halogens is 2. The Morgan fingerprint density at radius 1 is 1.29 bits per heavy atom. The van der Waals surface area contributed by atoms with Crippen LogP contribution in [0.2, 0.25) is 0 Å². The van der Waals surface area contributed by atoms with Crippen molar-refractivity contribution in [3.8, 4) is 0 Å². The molecule has 0 unspecified atom stereocenters. The highest BCUT2D eigenvalue weighted by atomic mass is 79.9. The predicted octanol–water partition coefficient (Wildman–Crippen LogP) is 4.02. The van der Waals surface area contributed by atoms with Gasteiger partial charge < -0.3 is 15.0 Å². The van der Waals surface area contributed by atoms with Crippen molar-refractivity contribution in [2.45, 2.75) is 44.4 Å². The molecular formula is C21H21BrFN3O2. The maximum atomic E-state index is 14.6. The molecule has 146 valence electrons. The first-order valence-electron chi connectivity index (χ1n) is 9.39. The molecule has 3 aromatic rings. The van der Waals surface area contributed by atoms with E-state index in [1.54, 1.807) is 24.5 Å². The third-order valence-electron chi connectivity index (χ3n) is 5.29. The van der Waals surface area contributed by atoms with Crippen LogP contribution in [0, 0.1) is 5.82 Å². The van der Waals surface area contributed by atoms with E-state index in [9.17, 15) is 14.3 Å².